The fourth-order valence-corrected chi connectivity index (χ4v) is 4.30. The summed E-state index contributed by atoms with van der Waals surface area (Å²) in [6.45, 7) is 9.84. The molecule has 1 N–H and O–H groups in total. The monoisotopic (exact) mass is 490 g/mol. The highest BCUT2D eigenvalue weighted by Gasteiger charge is 2.31. The standard InChI is InChI=1S/C32H42O4/c1-4-5-13-25(2)32(33)26(3)14-12-19-30(35-23-28-17-10-7-11-18-28)31-21-20-29(36-31)24-34-22-27-15-8-6-9-16-27/h6-12,14-19,29-33H,2,4-5,13,20-24H2,1,3H3/b19-12+,26-14+/t29-,30-,31-,32-/m1/s1. The van der Waals surface area contributed by atoms with Crippen LogP contribution >= 0.6 is 0 Å². The molecule has 0 aliphatic carbocycles. The van der Waals surface area contributed by atoms with Gasteiger partial charge in [0.25, 0.3) is 0 Å². The Kier molecular flexibility index (Phi) is 12.1. The first-order chi connectivity index (χ1) is 17.6. The van der Waals surface area contributed by atoms with Crippen molar-refractivity contribution in [1.29, 1.82) is 0 Å². The van der Waals surface area contributed by atoms with Gasteiger partial charge in [0.05, 0.1) is 38.1 Å². The van der Waals surface area contributed by atoms with Gasteiger partial charge in [0.1, 0.15) is 6.10 Å². The number of unbranched alkanes of at least 4 members (excludes halogenated alkanes) is 1. The molecule has 0 spiro atoms. The molecule has 1 aliphatic heterocycles. The molecule has 0 unspecified atom stereocenters. The number of benzene rings is 2. The van der Waals surface area contributed by atoms with E-state index in [2.05, 4.69) is 37.8 Å². The van der Waals surface area contributed by atoms with Crippen LogP contribution in [0.5, 0.6) is 0 Å². The van der Waals surface area contributed by atoms with Crippen LogP contribution in [0.25, 0.3) is 0 Å². The number of aliphatic hydroxyl groups is 1. The van der Waals surface area contributed by atoms with E-state index in [0.717, 1.165) is 48.8 Å². The van der Waals surface area contributed by atoms with Crippen LogP contribution in [0.4, 0.5) is 0 Å². The van der Waals surface area contributed by atoms with Crippen LogP contribution in [-0.2, 0) is 27.4 Å². The number of rotatable bonds is 15. The van der Waals surface area contributed by atoms with Crippen molar-refractivity contribution in [1.82, 2.24) is 0 Å². The minimum atomic E-state index is -0.612. The zero-order valence-electron chi connectivity index (χ0n) is 21.9. The Bertz CT molecular complexity index is 951. The Balaban J connectivity index is 1.57. The average Bonchev–Trinajstić information content (AvgIpc) is 3.38. The smallest absolute Gasteiger partial charge is 0.102 e. The summed E-state index contributed by atoms with van der Waals surface area (Å²) >= 11 is 0. The van der Waals surface area contributed by atoms with E-state index in [1.54, 1.807) is 0 Å². The van der Waals surface area contributed by atoms with E-state index >= 15 is 0 Å². The average molecular weight is 491 g/mol. The Labute approximate surface area is 217 Å². The van der Waals surface area contributed by atoms with Crippen LogP contribution in [0, 0.1) is 0 Å². The van der Waals surface area contributed by atoms with Gasteiger partial charge in [-0.25, -0.2) is 0 Å². The fourth-order valence-electron chi connectivity index (χ4n) is 4.30. The van der Waals surface area contributed by atoms with Crippen LogP contribution in [0.15, 0.2) is 96.6 Å². The van der Waals surface area contributed by atoms with E-state index in [1.807, 2.05) is 61.5 Å². The van der Waals surface area contributed by atoms with Gasteiger partial charge in [-0.3, -0.25) is 0 Å². The lowest BCUT2D eigenvalue weighted by atomic mass is 9.99. The van der Waals surface area contributed by atoms with Gasteiger partial charge in [-0.2, -0.15) is 0 Å². The van der Waals surface area contributed by atoms with E-state index < -0.39 is 6.10 Å². The highest BCUT2D eigenvalue weighted by molar-refractivity contribution is 5.24. The molecule has 4 nitrogen and oxygen atoms in total. The molecule has 3 rings (SSSR count). The summed E-state index contributed by atoms with van der Waals surface area (Å²) in [4.78, 5) is 0. The minimum absolute atomic E-state index is 0.0339. The first-order valence-corrected chi connectivity index (χ1v) is 13.2. The highest BCUT2D eigenvalue weighted by atomic mass is 16.6. The summed E-state index contributed by atoms with van der Waals surface area (Å²) in [6, 6.07) is 20.4. The number of hydrogen-bond donors (Lipinski definition) is 1. The maximum absolute atomic E-state index is 10.6. The second kappa shape index (κ2) is 15.6. The third-order valence-electron chi connectivity index (χ3n) is 6.54. The van der Waals surface area contributed by atoms with Crippen molar-refractivity contribution >= 4 is 0 Å². The zero-order chi connectivity index (χ0) is 25.6. The summed E-state index contributed by atoms with van der Waals surface area (Å²) in [6.07, 6.45) is 10.1. The molecule has 2 aromatic carbocycles. The molecule has 1 heterocycles. The van der Waals surface area contributed by atoms with E-state index in [0.29, 0.717) is 19.8 Å². The lowest BCUT2D eigenvalue weighted by Gasteiger charge is -2.22. The van der Waals surface area contributed by atoms with Gasteiger partial charge in [-0.05, 0) is 54.9 Å². The molecule has 0 bridgehead atoms. The van der Waals surface area contributed by atoms with Crippen molar-refractivity contribution in [3.05, 3.63) is 108 Å². The van der Waals surface area contributed by atoms with Gasteiger partial charge in [-0.15, -0.1) is 0 Å². The van der Waals surface area contributed by atoms with Gasteiger partial charge < -0.3 is 19.3 Å². The summed E-state index contributed by atoms with van der Waals surface area (Å²) in [5.41, 5.74) is 4.05. The first-order valence-electron chi connectivity index (χ1n) is 13.2. The van der Waals surface area contributed by atoms with E-state index in [9.17, 15) is 5.11 Å². The molecule has 36 heavy (non-hydrogen) atoms. The van der Waals surface area contributed by atoms with Crippen molar-refractivity contribution in [3.63, 3.8) is 0 Å². The Hall–Kier alpha value is -2.50. The molecule has 0 amide bonds. The molecule has 194 valence electrons. The van der Waals surface area contributed by atoms with Gasteiger partial charge in [0, 0.05) is 0 Å². The van der Waals surface area contributed by atoms with Gasteiger partial charge in [0.2, 0.25) is 0 Å². The molecule has 1 fully saturated rings. The lowest BCUT2D eigenvalue weighted by molar-refractivity contribution is -0.0746. The third-order valence-corrected chi connectivity index (χ3v) is 6.54. The Morgan fingerprint density at radius 2 is 1.72 bits per heavy atom. The topological polar surface area (TPSA) is 47.9 Å². The molecule has 0 saturated carbocycles. The van der Waals surface area contributed by atoms with Crippen LogP contribution in [0.1, 0.15) is 57.1 Å². The van der Waals surface area contributed by atoms with Crippen molar-refractivity contribution in [2.45, 2.75) is 83.6 Å². The van der Waals surface area contributed by atoms with Gasteiger partial charge in [-0.1, -0.05) is 98.8 Å². The zero-order valence-corrected chi connectivity index (χ0v) is 21.9. The SMILES string of the molecule is C=C(CCCC)[C@@H](O)/C(C)=C/C=C/[C@@H](OCc1ccccc1)[C@H]1CC[C@H](COCc2ccccc2)O1. The van der Waals surface area contributed by atoms with Crippen LogP contribution in [0.2, 0.25) is 0 Å². The first kappa shape index (κ1) is 28.1. The van der Waals surface area contributed by atoms with E-state index in [4.69, 9.17) is 14.2 Å². The summed E-state index contributed by atoms with van der Waals surface area (Å²) in [7, 11) is 0. The van der Waals surface area contributed by atoms with E-state index in [-0.39, 0.29) is 18.3 Å². The minimum Gasteiger partial charge on any atom is -0.384 e. The maximum atomic E-state index is 10.6. The third kappa shape index (κ3) is 9.51. The Morgan fingerprint density at radius 1 is 1.06 bits per heavy atom. The molecular weight excluding hydrogens is 448 g/mol. The normalized spacial score (nSPS) is 20.0. The van der Waals surface area contributed by atoms with Crippen LogP contribution in [0.3, 0.4) is 0 Å². The number of ether oxygens (including phenoxy) is 3. The molecule has 0 radical (unpaired) electrons. The fraction of sp³-hybridized carbons (Fsp3) is 0.438. The molecule has 4 atom stereocenters. The summed E-state index contributed by atoms with van der Waals surface area (Å²) < 4.78 is 18.6. The second-order valence-corrected chi connectivity index (χ2v) is 9.60. The molecule has 1 aliphatic rings. The lowest BCUT2D eigenvalue weighted by Crippen LogP contribution is -2.28. The number of allylic oxidation sites excluding steroid dienone is 2. The van der Waals surface area contributed by atoms with Crippen LogP contribution in [-0.4, -0.2) is 36.1 Å². The largest absolute Gasteiger partial charge is 0.384 e. The number of aliphatic hydroxyl groups excluding tert-OH is 1. The summed E-state index contributed by atoms with van der Waals surface area (Å²) in [5.74, 6) is 0. The van der Waals surface area contributed by atoms with Crippen molar-refractivity contribution in [3.8, 4) is 0 Å². The predicted octanol–water partition coefficient (Wildman–Crippen LogP) is 6.95. The van der Waals surface area contributed by atoms with Crippen molar-refractivity contribution in [2.75, 3.05) is 6.61 Å². The molecule has 1 saturated heterocycles. The van der Waals surface area contributed by atoms with Crippen molar-refractivity contribution < 1.29 is 19.3 Å². The molecule has 0 aromatic heterocycles. The molecule has 4 heteroatoms. The highest BCUT2D eigenvalue weighted by Crippen LogP contribution is 2.26. The second-order valence-electron chi connectivity index (χ2n) is 9.60. The molecular formula is C32H42O4. The van der Waals surface area contributed by atoms with Crippen molar-refractivity contribution in [2.24, 2.45) is 0 Å². The van der Waals surface area contributed by atoms with E-state index in [1.165, 1.54) is 5.56 Å². The maximum Gasteiger partial charge on any atom is 0.102 e. The Morgan fingerprint density at radius 3 is 2.39 bits per heavy atom. The quantitative estimate of drug-likeness (QED) is 0.217. The van der Waals surface area contributed by atoms with Gasteiger partial charge >= 0.3 is 0 Å². The molecule has 2 aromatic rings. The predicted molar refractivity (Wildman–Crippen MR) is 147 cm³/mol. The van der Waals surface area contributed by atoms with Crippen LogP contribution < -0.4 is 0 Å². The van der Waals surface area contributed by atoms with Gasteiger partial charge in [0.15, 0.2) is 0 Å². The number of hydrogen-bond acceptors (Lipinski definition) is 4. The summed E-state index contributed by atoms with van der Waals surface area (Å²) in [5, 5.41) is 10.6.